The van der Waals surface area contributed by atoms with Crippen molar-refractivity contribution in [3.05, 3.63) is 68.0 Å². The van der Waals surface area contributed by atoms with Gasteiger partial charge >= 0.3 is 0 Å². The molecule has 2 aromatic carbocycles. The molecule has 1 aliphatic heterocycles. The van der Waals surface area contributed by atoms with Gasteiger partial charge in [-0.1, -0.05) is 69.2 Å². The van der Waals surface area contributed by atoms with E-state index in [-0.39, 0.29) is 61.3 Å². The van der Waals surface area contributed by atoms with Crippen molar-refractivity contribution in [2.75, 3.05) is 0 Å². The van der Waals surface area contributed by atoms with Gasteiger partial charge in [0.15, 0.2) is 0 Å². The van der Waals surface area contributed by atoms with Crippen LogP contribution in [-0.2, 0) is 0 Å². The molecule has 3 rings (SSSR count). The van der Waals surface area contributed by atoms with Crippen LogP contribution in [0.15, 0.2) is 12.4 Å². The summed E-state index contributed by atoms with van der Waals surface area (Å²) in [6.45, 7) is 35.6. The average molecular weight is 618 g/mol. The maximum absolute atomic E-state index is 2.44. The van der Waals surface area contributed by atoms with Gasteiger partial charge in [-0.3, -0.25) is 0 Å². The second-order valence-electron chi connectivity index (χ2n) is 11.8. The molecule has 0 atom stereocenters. The Kier molecular flexibility index (Phi) is 12.6. The molecule has 0 aromatic heterocycles. The number of hydrogen-bond acceptors (Lipinski definition) is 2. The van der Waals surface area contributed by atoms with Crippen LogP contribution in [0.5, 0.6) is 0 Å². The first-order valence-corrected chi connectivity index (χ1v) is 13.3. The summed E-state index contributed by atoms with van der Waals surface area (Å²) in [6, 6.07) is 0. The average Bonchev–Trinajstić information content (AvgIpc) is 3.35. The summed E-state index contributed by atoms with van der Waals surface area (Å²) in [7, 11) is 0.234. The zero-order chi connectivity index (χ0) is 26.0. The van der Waals surface area contributed by atoms with E-state index >= 15 is 0 Å². The van der Waals surface area contributed by atoms with Gasteiger partial charge in [-0.25, -0.2) is 0 Å². The Balaban J connectivity index is 0.000000479. The fourth-order valence-electron chi connectivity index (χ4n) is 3.96. The minimum Gasteiger partial charge on any atom is -0.383 e. The Morgan fingerprint density at radius 3 is 0.824 bits per heavy atom. The molecule has 2 aromatic rings. The van der Waals surface area contributed by atoms with Gasteiger partial charge in [-0.05, 0) is 41.5 Å². The van der Waals surface area contributed by atoms with E-state index in [1.54, 1.807) is 0 Å². The Bertz CT molecular complexity index is 739. The van der Waals surface area contributed by atoms with Gasteiger partial charge in [-0.15, -0.1) is 0 Å². The van der Waals surface area contributed by atoms with E-state index in [0.29, 0.717) is 0 Å². The Labute approximate surface area is 247 Å². The van der Waals surface area contributed by atoms with Crippen molar-refractivity contribution in [1.29, 1.82) is 0 Å². The van der Waals surface area contributed by atoms with Gasteiger partial charge in [0.2, 0.25) is 0 Å². The largest absolute Gasteiger partial charge is 0.383 e. The third-order valence-corrected chi connectivity index (χ3v) is 10.2. The van der Waals surface area contributed by atoms with Crippen molar-refractivity contribution < 1.29 is 40.4 Å². The van der Waals surface area contributed by atoms with Gasteiger partial charge < -0.3 is 9.13 Å². The molecule has 0 unspecified atom stereocenters. The standard InChI is InChI=1S/C10H21N2Si.2C10H15.Sm/c1-9(2,3)11-7-8-12(13-11)10(4,5)6;2*1-6-7(2)9(4)10(5)8(6)3;/h7-8,13H,1-6H3;2*1-5H3;/q;2*-1;. The van der Waals surface area contributed by atoms with Crippen LogP contribution in [0.3, 0.4) is 0 Å². The van der Waals surface area contributed by atoms with Crippen LogP contribution in [-0.4, -0.2) is 30.1 Å². The monoisotopic (exact) mass is 619 g/mol. The summed E-state index contributed by atoms with van der Waals surface area (Å²) in [4.78, 5) is 0. The SMILES string of the molecule is CC(C)(C)N1C=CN(C(C)(C)C)[SiH]1.Cc1c(C)c(C)[c-](C)c1C.Cc1c(C)c(C)[c-](C)c1C.[Sm]. The van der Waals surface area contributed by atoms with Crippen LogP contribution in [0.2, 0.25) is 0 Å². The van der Waals surface area contributed by atoms with Crippen LogP contribution in [0.4, 0.5) is 0 Å². The van der Waals surface area contributed by atoms with Crippen LogP contribution in [0, 0.1) is 110 Å². The zero-order valence-corrected chi connectivity index (χ0v) is 28.8. The molecule has 1 radical (unpaired) electrons. The van der Waals surface area contributed by atoms with E-state index in [4.69, 9.17) is 0 Å². The number of nitrogens with zero attached hydrogens (tertiary/aromatic N) is 2. The molecule has 0 bridgehead atoms. The predicted molar refractivity (Wildman–Crippen MR) is 151 cm³/mol. The second-order valence-corrected chi connectivity index (χ2v) is 13.2. The van der Waals surface area contributed by atoms with Crippen LogP contribution < -0.4 is 0 Å². The molecule has 0 aliphatic carbocycles. The fraction of sp³-hybridized carbons (Fsp3) is 0.600. The van der Waals surface area contributed by atoms with Crippen molar-refractivity contribution in [3.63, 3.8) is 0 Å². The first-order valence-electron chi connectivity index (χ1n) is 12.3. The minimum atomic E-state index is 0. The van der Waals surface area contributed by atoms with E-state index in [0.717, 1.165) is 0 Å². The molecule has 193 valence electrons. The summed E-state index contributed by atoms with van der Waals surface area (Å²) in [6.07, 6.45) is 4.45. The van der Waals surface area contributed by atoms with Gasteiger partial charge in [0.1, 0.15) is 0 Å². The number of rotatable bonds is 0. The summed E-state index contributed by atoms with van der Waals surface area (Å²) in [5, 5.41) is 0. The Morgan fingerprint density at radius 2 is 0.735 bits per heavy atom. The van der Waals surface area contributed by atoms with E-state index < -0.39 is 0 Å². The van der Waals surface area contributed by atoms with Gasteiger partial charge in [0.05, 0.1) is 0 Å². The molecule has 1 heterocycles. The van der Waals surface area contributed by atoms with Crippen molar-refractivity contribution in [3.8, 4) is 0 Å². The van der Waals surface area contributed by atoms with Crippen molar-refractivity contribution in [2.24, 2.45) is 0 Å². The van der Waals surface area contributed by atoms with E-state index in [1.165, 1.54) is 55.6 Å². The predicted octanol–water partition coefficient (Wildman–Crippen LogP) is 7.83. The zero-order valence-electron chi connectivity index (χ0n) is 25.0. The van der Waals surface area contributed by atoms with Gasteiger partial charge in [0, 0.05) is 63.9 Å². The third kappa shape index (κ3) is 8.05. The van der Waals surface area contributed by atoms with E-state index in [1.807, 2.05) is 0 Å². The van der Waals surface area contributed by atoms with Crippen molar-refractivity contribution >= 4 is 9.84 Å². The fourth-order valence-corrected chi connectivity index (χ4v) is 5.23. The molecule has 2 nitrogen and oxygen atoms in total. The summed E-state index contributed by atoms with van der Waals surface area (Å²) >= 11 is 0. The van der Waals surface area contributed by atoms with Crippen molar-refractivity contribution in [2.45, 2.75) is 122 Å². The summed E-state index contributed by atoms with van der Waals surface area (Å²) in [5.74, 6) is 0. The van der Waals surface area contributed by atoms with Crippen molar-refractivity contribution in [1.82, 2.24) is 9.13 Å². The van der Waals surface area contributed by atoms with Gasteiger partial charge in [0.25, 0.3) is 9.84 Å². The smallest absolute Gasteiger partial charge is 0.278 e. The van der Waals surface area contributed by atoms with E-state index in [9.17, 15) is 0 Å². The normalized spacial score (nSPS) is 13.3. The second kappa shape index (κ2) is 12.7. The maximum Gasteiger partial charge on any atom is 0.278 e. The van der Waals surface area contributed by atoms with Gasteiger partial charge in [-0.2, -0.15) is 55.6 Å². The minimum absolute atomic E-state index is 0. The van der Waals surface area contributed by atoms with E-state index in [2.05, 4.69) is 132 Å². The molecule has 0 fully saturated rings. The van der Waals surface area contributed by atoms with Crippen LogP contribution in [0.25, 0.3) is 0 Å². The topological polar surface area (TPSA) is 6.48 Å². The summed E-state index contributed by atoms with van der Waals surface area (Å²) < 4.78 is 4.89. The molecule has 4 heteroatoms. The summed E-state index contributed by atoms with van der Waals surface area (Å²) in [5.41, 5.74) is 15.2. The molecular formula is C30H51N2SiSm-2. The third-order valence-electron chi connectivity index (χ3n) is 7.81. The number of hydrogen-bond donors (Lipinski definition) is 0. The molecule has 34 heavy (non-hydrogen) atoms. The van der Waals surface area contributed by atoms with Crippen LogP contribution in [0.1, 0.15) is 97.2 Å². The maximum atomic E-state index is 2.44. The first-order chi connectivity index (χ1) is 14.8. The molecular weight excluding hydrogens is 567 g/mol. The molecule has 0 N–H and O–H groups in total. The molecule has 0 saturated carbocycles. The molecule has 0 saturated heterocycles. The molecule has 0 spiro atoms. The molecule has 0 amide bonds. The van der Waals surface area contributed by atoms with Crippen LogP contribution >= 0.6 is 0 Å². The Hall–Kier alpha value is -0.405. The molecule has 1 aliphatic rings. The Morgan fingerprint density at radius 1 is 0.529 bits per heavy atom. The quantitative estimate of drug-likeness (QED) is 0.220. The first kappa shape index (κ1) is 33.6.